The Morgan fingerprint density at radius 3 is 2.50 bits per heavy atom. The lowest BCUT2D eigenvalue weighted by Gasteiger charge is -2.08. The first-order chi connectivity index (χ1) is 11.3. The highest BCUT2D eigenvalue weighted by Crippen LogP contribution is 2.16. The standard InChI is InChI=1S/C17H18INO4S/c1-24(21,22)16-9-7-15(8-10-16)23-11-3-6-17(20)19-14-5-2-4-13(18)12-14/h2,4-5,7-10,12H,3,6,11H2,1H3,(H,19,20). The van der Waals surface area contributed by atoms with Crippen molar-refractivity contribution in [2.75, 3.05) is 18.2 Å². The number of carbonyl (C=O) groups excluding carboxylic acids is 1. The molecule has 0 radical (unpaired) electrons. The molecule has 0 atom stereocenters. The largest absolute Gasteiger partial charge is 0.494 e. The van der Waals surface area contributed by atoms with Crippen molar-refractivity contribution < 1.29 is 17.9 Å². The molecule has 0 aliphatic heterocycles. The summed E-state index contributed by atoms with van der Waals surface area (Å²) < 4.78 is 29.3. The fourth-order valence-electron chi connectivity index (χ4n) is 2.00. The average molecular weight is 459 g/mol. The van der Waals surface area contributed by atoms with Gasteiger partial charge in [-0.3, -0.25) is 4.79 Å². The summed E-state index contributed by atoms with van der Waals surface area (Å²) in [5.41, 5.74) is 0.782. The lowest BCUT2D eigenvalue weighted by atomic mass is 10.2. The van der Waals surface area contributed by atoms with Crippen LogP contribution >= 0.6 is 22.6 Å². The number of sulfone groups is 1. The van der Waals surface area contributed by atoms with Crippen LogP contribution in [0, 0.1) is 3.57 Å². The summed E-state index contributed by atoms with van der Waals surface area (Å²) in [5.74, 6) is 0.522. The minimum absolute atomic E-state index is 0.0620. The topological polar surface area (TPSA) is 72.5 Å². The van der Waals surface area contributed by atoms with Crippen LogP contribution in [0.1, 0.15) is 12.8 Å². The van der Waals surface area contributed by atoms with E-state index in [0.29, 0.717) is 25.2 Å². The number of halogens is 1. The van der Waals surface area contributed by atoms with Crippen LogP contribution in [-0.4, -0.2) is 27.2 Å². The third-order valence-corrected chi connectivity index (χ3v) is 4.98. The monoisotopic (exact) mass is 459 g/mol. The molecule has 24 heavy (non-hydrogen) atoms. The molecule has 0 aromatic heterocycles. The summed E-state index contributed by atoms with van der Waals surface area (Å²) in [5, 5.41) is 2.84. The quantitative estimate of drug-likeness (QED) is 0.509. The van der Waals surface area contributed by atoms with E-state index in [9.17, 15) is 13.2 Å². The summed E-state index contributed by atoms with van der Waals surface area (Å²) in [6.45, 7) is 0.387. The van der Waals surface area contributed by atoms with Gasteiger partial charge >= 0.3 is 0 Å². The number of carbonyl (C=O) groups is 1. The molecule has 1 amide bonds. The van der Waals surface area contributed by atoms with Crippen LogP contribution in [0.15, 0.2) is 53.4 Å². The van der Waals surface area contributed by atoms with Crippen molar-refractivity contribution >= 4 is 44.0 Å². The van der Waals surface area contributed by atoms with Gasteiger partial charge in [-0.05, 0) is 71.5 Å². The molecule has 2 rings (SSSR count). The molecule has 7 heteroatoms. The van der Waals surface area contributed by atoms with E-state index in [-0.39, 0.29) is 10.8 Å². The Labute approximate surface area is 155 Å². The van der Waals surface area contributed by atoms with Crippen molar-refractivity contribution in [1.82, 2.24) is 0 Å². The Balaban J connectivity index is 1.73. The Bertz CT molecular complexity index is 804. The van der Waals surface area contributed by atoms with Gasteiger partial charge in [-0.2, -0.15) is 0 Å². The minimum Gasteiger partial charge on any atom is -0.494 e. The van der Waals surface area contributed by atoms with Crippen LogP contribution in [0.2, 0.25) is 0 Å². The maximum atomic E-state index is 11.9. The van der Waals surface area contributed by atoms with E-state index < -0.39 is 9.84 Å². The van der Waals surface area contributed by atoms with Gasteiger partial charge < -0.3 is 10.1 Å². The second kappa shape index (κ2) is 8.48. The van der Waals surface area contributed by atoms with Gasteiger partial charge in [0, 0.05) is 21.9 Å². The lowest BCUT2D eigenvalue weighted by molar-refractivity contribution is -0.116. The number of nitrogens with one attached hydrogen (secondary N) is 1. The normalized spacial score (nSPS) is 11.1. The number of rotatable bonds is 7. The zero-order valence-corrected chi connectivity index (χ0v) is 16.1. The summed E-state index contributed by atoms with van der Waals surface area (Å²) in [6, 6.07) is 13.8. The number of hydrogen-bond donors (Lipinski definition) is 1. The first-order valence-electron chi connectivity index (χ1n) is 7.33. The van der Waals surface area contributed by atoms with Crippen LogP contribution in [0.4, 0.5) is 5.69 Å². The van der Waals surface area contributed by atoms with Crippen molar-refractivity contribution in [3.8, 4) is 5.75 Å². The SMILES string of the molecule is CS(=O)(=O)c1ccc(OCCCC(=O)Nc2cccc(I)c2)cc1. The van der Waals surface area contributed by atoms with Gasteiger partial charge in [0.1, 0.15) is 5.75 Å². The number of anilines is 1. The maximum Gasteiger partial charge on any atom is 0.224 e. The highest BCUT2D eigenvalue weighted by atomic mass is 127. The van der Waals surface area contributed by atoms with E-state index in [4.69, 9.17) is 4.74 Å². The van der Waals surface area contributed by atoms with Crippen molar-refractivity contribution in [3.63, 3.8) is 0 Å². The zero-order valence-electron chi connectivity index (χ0n) is 13.2. The van der Waals surface area contributed by atoms with Gasteiger partial charge in [-0.15, -0.1) is 0 Å². The highest BCUT2D eigenvalue weighted by molar-refractivity contribution is 14.1. The Morgan fingerprint density at radius 2 is 1.88 bits per heavy atom. The summed E-state index contributed by atoms with van der Waals surface area (Å²) in [6.07, 6.45) is 2.09. The molecule has 2 aromatic rings. The molecule has 0 saturated carbocycles. The molecule has 0 bridgehead atoms. The molecule has 5 nitrogen and oxygen atoms in total. The van der Waals surface area contributed by atoms with Gasteiger partial charge in [0.05, 0.1) is 11.5 Å². The van der Waals surface area contributed by atoms with Gasteiger partial charge in [0.15, 0.2) is 9.84 Å². The maximum absolute atomic E-state index is 11.9. The van der Waals surface area contributed by atoms with Crippen molar-refractivity contribution in [1.29, 1.82) is 0 Å². The predicted octanol–water partition coefficient (Wildman–Crippen LogP) is 3.49. The lowest BCUT2D eigenvalue weighted by Crippen LogP contribution is -2.12. The molecular weight excluding hydrogens is 441 g/mol. The summed E-state index contributed by atoms with van der Waals surface area (Å²) in [4.78, 5) is 12.1. The smallest absolute Gasteiger partial charge is 0.224 e. The van der Waals surface area contributed by atoms with E-state index in [2.05, 4.69) is 27.9 Å². The first-order valence-corrected chi connectivity index (χ1v) is 10.3. The molecule has 2 aromatic carbocycles. The average Bonchev–Trinajstić information content (AvgIpc) is 2.51. The van der Waals surface area contributed by atoms with Crippen LogP contribution in [-0.2, 0) is 14.6 Å². The molecule has 0 aliphatic rings. The van der Waals surface area contributed by atoms with E-state index in [1.165, 1.54) is 12.1 Å². The van der Waals surface area contributed by atoms with E-state index in [0.717, 1.165) is 15.5 Å². The Morgan fingerprint density at radius 1 is 1.17 bits per heavy atom. The van der Waals surface area contributed by atoms with Crippen LogP contribution in [0.5, 0.6) is 5.75 Å². The van der Waals surface area contributed by atoms with Gasteiger partial charge in [0.25, 0.3) is 0 Å². The molecule has 0 unspecified atom stereocenters. The van der Waals surface area contributed by atoms with Crippen molar-refractivity contribution in [3.05, 3.63) is 52.1 Å². The molecule has 0 fully saturated rings. The molecule has 0 aliphatic carbocycles. The van der Waals surface area contributed by atoms with Crippen molar-refractivity contribution in [2.45, 2.75) is 17.7 Å². The molecule has 0 heterocycles. The molecule has 0 spiro atoms. The van der Waals surface area contributed by atoms with Gasteiger partial charge in [-0.25, -0.2) is 8.42 Å². The molecule has 1 N–H and O–H groups in total. The highest BCUT2D eigenvalue weighted by Gasteiger charge is 2.07. The van der Waals surface area contributed by atoms with Crippen LogP contribution in [0.25, 0.3) is 0 Å². The van der Waals surface area contributed by atoms with Crippen molar-refractivity contribution in [2.24, 2.45) is 0 Å². The second-order valence-electron chi connectivity index (χ2n) is 5.25. The third-order valence-electron chi connectivity index (χ3n) is 3.18. The molecule has 0 saturated heterocycles. The predicted molar refractivity (Wildman–Crippen MR) is 102 cm³/mol. The second-order valence-corrected chi connectivity index (χ2v) is 8.52. The first kappa shape index (κ1) is 18.7. The Hall–Kier alpha value is -1.61. The number of ether oxygens (including phenoxy) is 1. The number of amides is 1. The fraction of sp³-hybridized carbons (Fsp3) is 0.235. The van der Waals surface area contributed by atoms with Crippen LogP contribution < -0.4 is 10.1 Å². The van der Waals surface area contributed by atoms with E-state index >= 15 is 0 Å². The molecular formula is C17H18INO4S. The Kier molecular flexibility index (Phi) is 6.61. The fourth-order valence-corrected chi connectivity index (χ4v) is 3.17. The summed E-state index contributed by atoms with van der Waals surface area (Å²) in [7, 11) is -3.20. The van der Waals surface area contributed by atoms with E-state index in [1.807, 2.05) is 24.3 Å². The van der Waals surface area contributed by atoms with Gasteiger partial charge in [-0.1, -0.05) is 6.07 Å². The third kappa shape index (κ3) is 6.12. The summed E-state index contributed by atoms with van der Waals surface area (Å²) >= 11 is 2.19. The molecule has 128 valence electrons. The van der Waals surface area contributed by atoms with E-state index in [1.54, 1.807) is 12.1 Å². The zero-order chi connectivity index (χ0) is 17.6. The van der Waals surface area contributed by atoms with Gasteiger partial charge in [0.2, 0.25) is 5.91 Å². The minimum atomic E-state index is -3.20. The number of benzene rings is 2. The van der Waals surface area contributed by atoms with Crippen LogP contribution in [0.3, 0.4) is 0 Å². The number of hydrogen-bond acceptors (Lipinski definition) is 4.